The molecule has 1 aromatic carbocycles. The minimum Gasteiger partial charge on any atom is -0.388 e. The van der Waals surface area contributed by atoms with Crippen LogP contribution >= 0.6 is 22.6 Å². The molecular weight excluding hydrogens is 271 g/mol. The van der Waals surface area contributed by atoms with Crippen LogP contribution < -0.4 is 5.32 Å². The van der Waals surface area contributed by atoms with Crippen molar-refractivity contribution in [2.45, 2.75) is 0 Å². The minimum atomic E-state index is -0.388. The highest BCUT2D eigenvalue weighted by Crippen LogP contribution is 2.23. The third-order valence-electron chi connectivity index (χ3n) is 1.43. The number of benzene rings is 1. The maximum atomic E-state index is 10.4. The van der Waals surface area contributed by atoms with Gasteiger partial charge in [-0.05, 0) is 34.7 Å². The first kappa shape index (κ1) is 9.24. The molecule has 1 rings (SSSR count). The van der Waals surface area contributed by atoms with Crippen LogP contribution in [0.2, 0.25) is 0 Å². The molecule has 4 nitrogen and oxygen atoms in total. The molecule has 64 valence electrons. The molecule has 0 bridgehead atoms. The molecule has 0 amide bonds. The number of rotatable bonds is 2. The monoisotopic (exact) mass is 278 g/mol. The largest absolute Gasteiger partial charge is 0.388 e. The maximum Gasteiger partial charge on any atom is 0.282 e. The van der Waals surface area contributed by atoms with Gasteiger partial charge in [-0.25, -0.2) is 0 Å². The lowest BCUT2D eigenvalue weighted by molar-refractivity contribution is -0.385. The van der Waals surface area contributed by atoms with E-state index in [1.165, 1.54) is 6.07 Å². The SMILES string of the molecule is CNc1ccc([N+](=O)[O-])c(I)c1. The Kier molecular flexibility index (Phi) is 2.85. The Morgan fingerprint density at radius 1 is 1.58 bits per heavy atom. The fourth-order valence-corrected chi connectivity index (χ4v) is 1.52. The Morgan fingerprint density at radius 2 is 2.25 bits per heavy atom. The molecule has 0 heterocycles. The maximum absolute atomic E-state index is 10.4. The van der Waals surface area contributed by atoms with Gasteiger partial charge >= 0.3 is 0 Å². The van der Waals surface area contributed by atoms with Gasteiger partial charge in [0.25, 0.3) is 5.69 Å². The van der Waals surface area contributed by atoms with Crippen molar-refractivity contribution in [3.8, 4) is 0 Å². The van der Waals surface area contributed by atoms with Crippen LogP contribution in [-0.4, -0.2) is 12.0 Å². The van der Waals surface area contributed by atoms with Gasteiger partial charge in [0.1, 0.15) is 0 Å². The number of nitrogens with zero attached hydrogens (tertiary/aromatic N) is 1. The first-order valence-electron chi connectivity index (χ1n) is 3.27. The van der Waals surface area contributed by atoms with Crippen molar-refractivity contribution < 1.29 is 4.92 Å². The predicted molar refractivity (Wildman–Crippen MR) is 55.4 cm³/mol. The highest BCUT2D eigenvalue weighted by molar-refractivity contribution is 14.1. The van der Waals surface area contributed by atoms with Gasteiger partial charge in [0.05, 0.1) is 8.49 Å². The lowest BCUT2D eigenvalue weighted by atomic mass is 10.3. The lowest BCUT2D eigenvalue weighted by Gasteiger charge is -2.00. The van der Waals surface area contributed by atoms with Crippen LogP contribution in [0.25, 0.3) is 0 Å². The highest BCUT2D eigenvalue weighted by Gasteiger charge is 2.10. The topological polar surface area (TPSA) is 55.2 Å². The summed E-state index contributed by atoms with van der Waals surface area (Å²) in [7, 11) is 1.78. The summed E-state index contributed by atoms with van der Waals surface area (Å²) in [6, 6.07) is 4.91. The fourth-order valence-electron chi connectivity index (χ4n) is 0.810. The summed E-state index contributed by atoms with van der Waals surface area (Å²) in [5, 5.41) is 13.3. The fraction of sp³-hybridized carbons (Fsp3) is 0.143. The molecule has 0 fully saturated rings. The standard InChI is InChI=1S/C7H7IN2O2/c1-9-5-2-3-7(10(11)12)6(8)4-5/h2-4,9H,1H3. The number of hydrogen-bond donors (Lipinski definition) is 1. The van der Waals surface area contributed by atoms with E-state index in [0.717, 1.165) is 5.69 Å². The highest BCUT2D eigenvalue weighted by atomic mass is 127. The molecule has 0 saturated carbocycles. The number of halogens is 1. The molecule has 12 heavy (non-hydrogen) atoms. The first-order valence-corrected chi connectivity index (χ1v) is 4.34. The zero-order valence-electron chi connectivity index (χ0n) is 6.37. The predicted octanol–water partition coefficient (Wildman–Crippen LogP) is 2.24. The Morgan fingerprint density at radius 3 is 2.67 bits per heavy atom. The zero-order chi connectivity index (χ0) is 9.14. The van der Waals surface area contributed by atoms with Crippen LogP contribution in [0.4, 0.5) is 11.4 Å². The van der Waals surface area contributed by atoms with Crippen LogP contribution in [0.3, 0.4) is 0 Å². The van der Waals surface area contributed by atoms with Crippen molar-refractivity contribution in [1.29, 1.82) is 0 Å². The van der Waals surface area contributed by atoms with E-state index in [4.69, 9.17) is 0 Å². The van der Waals surface area contributed by atoms with E-state index in [9.17, 15) is 10.1 Å². The van der Waals surface area contributed by atoms with Gasteiger partial charge in [0, 0.05) is 18.8 Å². The van der Waals surface area contributed by atoms with Crippen molar-refractivity contribution in [1.82, 2.24) is 0 Å². The second-order valence-corrected chi connectivity index (χ2v) is 3.34. The van der Waals surface area contributed by atoms with Gasteiger partial charge in [0.15, 0.2) is 0 Å². The van der Waals surface area contributed by atoms with Gasteiger partial charge < -0.3 is 5.32 Å². The summed E-state index contributed by atoms with van der Waals surface area (Å²) in [4.78, 5) is 10.0. The van der Waals surface area contributed by atoms with Crippen molar-refractivity contribution in [3.63, 3.8) is 0 Å². The Labute approximate surface area is 83.3 Å². The summed E-state index contributed by atoms with van der Waals surface area (Å²) in [5.74, 6) is 0. The third-order valence-corrected chi connectivity index (χ3v) is 2.30. The Balaban J connectivity index is 3.12. The van der Waals surface area contributed by atoms with Gasteiger partial charge in [-0.3, -0.25) is 10.1 Å². The first-order chi connectivity index (χ1) is 5.65. The second kappa shape index (κ2) is 3.70. The van der Waals surface area contributed by atoms with E-state index in [0.29, 0.717) is 3.57 Å². The van der Waals surface area contributed by atoms with Gasteiger partial charge in [0.2, 0.25) is 0 Å². The van der Waals surface area contributed by atoms with Crippen LogP contribution in [-0.2, 0) is 0 Å². The second-order valence-electron chi connectivity index (χ2n) is 2.17. The summed E-state index contributed by atoms with van der Waals surface area (Å²) < 4.78 is 0.643. The van der Waals surface area contributed by atoms with E-state index < -0.39 is 0 Å². The van der Waals surface area contributed by atoms with E-state index in [1.807, 2.05) is 22.6 Å². The molecular formula is C7H7IN2O2. The van der Waals surface area contributed by atoms with Crippen LogP contribution in [0.15, 0.2) is 18.2 Å². The van der Waals surface area contributed by atoms with Crippen molar-refractivity contribution in [3.05, 3.63) is 31.9 Å². The average Bonchev–Trinajstić information content (AvgIpc) is 2.03. The van der Waals surface area contributed by atoms with Crippen molar-refractivity contribution >= 4 is 34.0 Å². The van der Waals surface area contributed by atoms with Crippen LogP contribution in [0, 0.1) is 13.7 Å². The van der Waals surface area contributed by atoms with Gasteiger partial charge in [-0.15, -0.1) is 0 Å². The number of nitro benzene ring substituents is 1. The van der Waals surface area contributed by atoms with Crippen molar-refractivity contribution in [2.24, 2.45) is 0 Å². The molecule has 0 aromatic heterocycles. The number of nitro groups is 1. The minimum absolute atomic E-state index is 0.148. The van der Waals surface area contributed by atoms with Gasteiger partial charge in [-0.2, -0.15) is 0 Å². The number of anilines is 1. The summed E-state index contributed by atoms with van der Waals surface area (Å²) in [5.41, 5.74) is 1.03. The summed E-state index contributed by atoms with van der Waals surface area (Å²) in [6.45, 7) is 0. The quantitative estimate of drug-likeness (QED) is 0.512. The zero-order valence-corrected chi connectivity index (χ0v) is 8.53. The Hall–Kier alpha value is -0.850. The number of nitrogens with one attached hydrogen (secondary N) is 1. The van der Waals surface area contributed by atoms with Crippen molar-refractivity contribution in [2.75, 3.05) is 12.4 Å². The van der Waals surface area contributed by atoms with E-state index >= 15 is 0 Å². The van der Waals surface area contributed by atoms with E-state index in [1.54, 1.807) is 19.2 Å². The molecule has 1 aromatic rings. The molecule has 5 heteroatoms. The normalized spacial score (nSPS) is 9.50. The molecule has 0 atom stereocenters. The van der Waals surface area contributed by atoms with E-state index in [2.05, 4.69) is 5.32 Å². The molecule has 0 unspecified atom stereocenters. The summed E-state index contributed by atoms with van der Waals surface area (Å²) >= 11 is 1.94. The third kappa shape index (κ3) is 1.84. The Bertz CT molecular complexity index is 314. The summed E-state index contributed by atoms with van der Waals surface area (Å²) in [6.07, 6.45) is 0. The van der Waals surface area contributed by atoms with Gasteiger partial charge in [-0.1, -0.05) is 0 Å². The molecule has 0 spiro atoms. The molecule has 0 aliphatic rings. The number of hydrogen-bond acceptors (Lipinski definition) is 3. The van der Waals surface area contributed by atoms with Crippen LogP contribution in [0.5, 0.6) is 0 Å². The molecule has 0 aliphatic carbocycles. The lowest BCUT2D eigenvalue weighted by Crippen LogP contribution is -1.93. The van der Waals surface area contributed by atoms with E-state index in [-0.39, 0.29) is 10.6 Å². The smallest absolute Gasteiger partial charge is 0.282 e. The average molecular weight is 278 g/mol. The molecule has 0 aliphatic heterocycles. The molecule has 0 saturated heterocycles. The molecule has 0 radical (unpaired) electrons. The van der Waals surface area contributed by atoms with Crippen LogP contribution in [0.1, 0.15) is 0 Å². The molecule has 1 N–H and O–H groups in total.